The predicted octanol–water partition coefficient (Wildman–Crippen LogP) is 4.36. The summed E-state index contributed by atoms with van der Waals surface area (Å²) in [5.74, 6) is -2.08. The molecule has 0 saturated carbocycles. The minimum atomic E-state index is -4.61. The Morgan fingerprint density at radius 3 is 1.82 bits per heavy atom. The highest BCUT2D eigenvalue weighted by molar-refractivity contribution is 6.87. The summed E-state index contributed by atoms with van der Waals surface area (Å²) in [6.07, 6.45) is -2.68. The van der Waals surface area contributed by atoms with E-state index < -0.39 is 49.9 Å². The van der Waals surface area contributed by atoms with Crippen molar-refractivity contribution in [1.29, 1.82) is 0 Å². The number of ether oxygens (including phenoxy) is 2. The zero-order chi connectivity index (χ0) is 22.2. The van der Waals surface area contributed by atoms with E-state index in [1.807, 2.05) is 13.1 Å². The Bertz CT molecular complexity index is 557. The zero-order valence-corrected chi connectivity index (χ0v) is 20.6. The van der Waals surface area contributed by atoms with Crippen LogP contribution in [0.15, 0.2) is 12.2 Å². The monoisotopic (exact) mass is 460 g/mol. The number of hydrogen-bond acceptors (Lipinski definition) is 6. The molecule has 0 saturated heterocycles. The second-order valence-corrected chi connectivity index (χ2v) is 21.0. The van der Waals surface area contributed by atoms with Crippen LogP contribution < -0.4 is 0 Å². The molecule has 0 aliphatic carbocycles. The summed E-state index contributed by atoms with van der Waals surface area (Å²) in [5.41, 5.74) is 0. The summed E-state index contributed by atoms with van der Waals surface area (Å²) >= 11 is 0. The molecule has 0 aromatic rings. The summed E-state index contributed by atoms with van der Waals surface area (Å²) < 4.78 is 57.1. The fraction of sp³-hybridized carbons (Fsp3) is 0.750. The maximum Gasteiger partial charge on any atom is 0.422 e. The molecule has 0 rings (SSSR count). The van der Waals surface area contributed by atoms with Crippen molar-refractivity contribution in [3.05, 3.63) is 12.2 Å². The summed E-state index contributed by atoms with van der Waals surface area (Å²) in [7, 11) is -5.94. The number of carbonyl (C=O) groups excluding carboxylic acids is 2. The molecule has 0 amide bonds. The highest BCUT2D eigenvalue weighted by atomic mass is 28.5. The van der Waals surface area contributed by atoms with Crippen molar-refractivity contribution in [3.8, 4) is 0 Å². The van der Waals surface area contributed by atoms with Gasteiger partial charge in [-0.3, -0.25) is 0 Å². The lowest BCUT2D eigenvalue weighted by Crippen LogP contribution is -2.51. The largest absolute Gasteiger partial charge is 0.463 e. The van der Waals surface area contributed by atoms with Gasteiger partial charge >= 0.3 is 26.7 Å². The molecule has 0 aliphatic rings. The van der Waals surface area contributed by atoms with Crippen molar-refractivity contribution in [2.45, 2.75) is 64.5 Å². The quantitative estimate of drug-likeness (QED) is 0.197. The first-order valence-corrected chi connectivity index (χ1v) is 18.2. The summed E-state index contributed by atoms with van der Waals surface area (Å²) in [6.45, 7) is 13.0. The Labute approximate surface area is 167 Å². The SMILES string of the molecule is C[Si](C)(C)O[Si](C)(C)O[Si](C)(C)CCCOC(=O)/C=C/C(=O)OCC(F)(F)F. The smallest absolute Gasteiger partial charge is 0.422 e. The molecule has 6 nitrogen and oxygen atoms in total. The normalized spacial score (nSPS) is 13.6. The van der Waals surface area contributed by atoms with Gasteiger partial charge in [-0.25, -0.2) is 9.59 Å². The van der Waals surface area contributed by atoms with Gasteiger partial charge in [0.15, 0.2) is 23.2 Å². The highest BCUT2D eigenvalue weighted by Crippen LogP contribution is 2.23. The standard InChI is InChI=1S/C16H31F3O6Si3/c1-26(2,3)24-28(6,7)25-27(4,5)12-8-11-22-14(20)9-10-15(21)23-13-16(17,18)19/h9-10H,8,11-13H2,1-7H3/b10-9+. The van der Waals surface area contributed by atoms with E-state index in [9.17, 15) is 22.8 Å². The number of esters is 2. The van der Waals surface area contributed by atoms with Gasteiger partial charge in [0.2, 0.25) is 0 Å². The van der Waals surface area contributed by atoms with Gasteiger partial charge in [0, 0.05) is 12.2 Å². The summed E-state index contributed by atoms with van der Waals surface area (Å²) in [5, 5.41) is 0. The number of alkyl halides is 3. The van der Waals surface area contributed by atoms with E-state index in [-0.39, 0.29) is 6.61 Å². The van der Waals surface area contributed by atoms with Crippen LogP contribution in [-0.2, 0) is 27.3 Å². The van der Waals surface area contributed by atoms with Gasteiger partial charge in [0.1, 0.15) is 0 Å². The van der Waals surface area contributed by atoms with E-state index in [1.54, 1.807) is 0 Å². The van der Waals surface area contributed by atoms with Gasteiger partial charge in [-0.1, -0.05) is 0 Å². The van der Waals surface area contributed by atoms with Gasteiger partial charge in [0.25, 0.3) is 0 Å². The Morgan fingerprint density at radius 2 is 1.36 bits per heavy atom. The Morgan fingerprint density at radius 1 is 0.857 bits per heavy atom. The van der Waals surface area contributed by atoms with Crippen molar-refractivity contribution < 1.29 is 40.5 Å². The van der Waals surface area contributed by atoms with Gasteiger partial charge < -0.3 is 17.7 Å². The third-order valence-electron chi connectivity index (χ3n) is 2.98. The predicted molar refractivity (Wildman–Crippen MR) is 107 cm³/mol. The van der Waals surface area contributed by atoms with Crippen LogP contribution in [0.2, 0.25) is 51.9 Å². The first kappa shape index (κ1) is 27.0. The van der Waals surface area contributed by atoms with E-state index in [1.165, 1.54) is 0 Å². The first-order valence-electron chi connectivity index (χ1n) is 8.90. The lowest BCUT2D eigenvalue weighted by Gasteiger charge is -2.37. The van der Waals surface area contributed by atoms with E-state index in [0.29, 0.717) is 12.5 Å². The van der Waals surface area contributed by atoms with Crippen LogP contribution in [0.5, 0.6) is 0 Å². The minimum absolute atomic E-state index is 0.122. The maximum absolute atomic E-state index is 11.9. The Hall–Kier alpha value is -0.959. The van der Waals surface area contributed by atoms with Crippen LogP contribution in [0, 0.1) is 0 Å². The molecule has 0 atom stereocenters. The molecular formula is C16H31F3O6Si3. The van der Waals surface area contributed by atoms with E-state index in [0.717, 1.165) is 12.1 Å². The number of rotatable bonds is 11. The fourth-order valence-electron chi connectivity index (χ4n) is 2.53. The molecule has 0 unspecified atom stereocenters. The summed E-state index contributed by atoms with van der Waals surface area (Å²) in [6, 6.07) is 0.753. The molecule has 12 heteroatoms. The van der Waals surface area contributed by atoms with Crippen molar-refractivity contribution in [1.82, 2.24) is 0 Å². The van der Waals surface area contributed by atoms with Gasteiger partial charge in [-0.15, -0.1) is 0 Å². The molecule has 0 fully saturated rings. The van der Waals surface area contributed by atoms with E-state index in [2.05, 4.69) is 37.5 Å². The van der Waals surface area contributed by atoms with Crippen LogP contribution >= 0.6 is 0 Å². The van der Waals surface area contributed by atoms with Crippen molar-refractivity contribution >= 4 is 37.1 Å². The van der Waals surface area contributed by atoms with Crippen molar-refractivity contribution in [2.75, 3.05) is 13.2 Å². The Kier molecular flexibility index (Phi) is 10.3. The van der Waals surface area contributed by atoms with E-state index in [4.69, 9.17) is 13.0 Å². The molecule has 28 heavy (non-hydrogen) atoms. The number of halogens is 3. The molecule has 0 bridgehead atoms. The van der Waals surface area contributed by atoms with Crippen LogP contribution in [0.1, 0.15) is 6.42 Å². The van der Waals surface area contributed by atoms with Crippen LogP contribution in [0.25, 0.3) is 0 Å². The highest BCUT2D eigenvalue weighted by Gasteiger charge is 2.37. The average Bonchev–Trinajstić information content (AvgIpc) is 2.42. The molecule has 0 radical (unpaired) electrons. The van der Waals surface area contributed by atoms with Crippen LogP contribution in [-0.4, -0.2) is 56.5 Å². The van der Waals surface area contributed by atoms with E-state index >= 15 is 0 Å². The van der Waals surface area contributed by atoms with Crippen LogP contribution in [0.3, 0.4) is 0 Å². The maximum atomic E-state index is 11.9. The number of carbonyl (C=O) groups is 2. The van der Waals surface area contributed by atoms with Crippen molar-refractivity contribution in [3.63, 3.8) is 0 Å². The fourth-order valence-corrected chi connectivity index (χ4v) is 15.7. The van der Waals surface area contributed by atoms with Gasteiger partial charge in [-0.2, -0.15) is 13.2 Å². The van der Waals surface area contributed by atoms with Gasteiger partial charge in [0.05, 0.1) is 6.61 Å². The van der Waals surface area contributed by atoms with Crippen molar-refractivity contribution in [2.24, 2.45) is 0 Å². The second kappa shape index (κ2) is 10.7. The second-order valence-electron chi connectivity index (χ2n) is 8.30. The summed E-state index contributed by atoms with van der Waals surface area (Å²) in [4.78, 5) is 22.5. The lowest BCUT2D eigenvalue weighted by molar-refractivity contribution is -0.182. The minimum Gasteiger partial charge on any atom is -0.463 e. The molecule has 0 N–H and O–H groups in total. The third kappa shape index (κ3) is 16.0. The average molecular weight is 461 g/mol. The molecule has 164 valence electrons. The first-order chi connectivity index (χ1) is 12.4. The molecule has 0 aliphatic heterocycles. The van der Waals surface area contributed by atoms with Crippen LogP contribution in [0.4, 0.5) is 13.2 Å². The molecule has 0 aromatic carbocycles. The number of hydrogen-bond donors (Lipinski definition) is 0. The molecular weight excluding hydrogens is 429 g/mol. The third-order valence-corrected chi connectivity index (χ3v) is 13.1. The topological polar surface area (TPSA) is 71.1 Å². The molecule has 0 heterocycles. The zero-order valence-electron chi connectivity index (χ0n) is 17.6. The van der Waals surface area contributed by atoms with Gasteiger partial charge in [-0.05, 0) is 58.3 Å². The molecule has 0 aromatic heterocycles. The Balaban J connectivity index is 4.24. The molecule has 0 spiro atoms. The lowest BCUT2D eigenvalue weighted by atomic mass is 10.5.